The molecule has 0 bridgehead atoms. The van der Waals surface area contributed by atoms with Crippen LogP contribution in [-0.2, 0) is 19.7 Å². The van der Waals surface area contributed by atoms with Crippen molar-refractivity contribution >= 4 is 17.7 Å². The van der Waals surface area contributed by atoms with Gasteiger partial charge in [-0.15, -0.1) is 0 Å². The van der Waals surface area contributed by atoms with E-state index in [0.717, 1.165) is 28.5 Å². The minimum absolute atomic E-state index is 0.000303. The van der Waals surface area contributed by atoms with E-state index < -0.39 is 11.9 Å². The Morgan fingerprint density at radius 2 is 1.24 bits per heavy atom. The van der Waals surface area contributed by atoms with E-state index in [0.29, 0.717) is 28.4 Å². The molecule has 8 nitrogen and oxygen atoms in total. The van der Waals surface area contributed by atoms with E-state index in [1.54, 1.807) is 55.6 Å². The van der Waals surface area contributed by atoms with Gasteiger partial charge in [0, 0.05) is 24.2 Å². The van der Waals surface area contributed by atoms with Crippen LogP contribution in [0, 0.1) is 13.8 Å². The first-order chi connectivity index (χ1) is 21.9. The first-order valence-electron chi connectivity index (χ1n) is 14.5. The van der Waals surface area contributed by atoms with Gasteiger partial charge in [-0.2, -0.15) is 0 Å². The molecule has 0 heterocycles. The van der Waals surface area contributed by atoms with Gasteiger partial charge in [-0.05, 0) is 104 Å². The summed E-state index contributed by atoms with van der Waals surface area (Å²) in [6, 6.07) is 25.8. The van der Waals surface area contributed by atoms with Crippen molar-refractivity contribution in [1.29, 1.82) is 0 Å². The normalized spacial score (nSPS) is 10.6. The molecule has 0 saturated heterocycles. The molecule has 0 aliphatic rings. The van der Waals surface area contributed by atoms with Crippen molar-refractivity contribution < 1.29 is 38.1 Å². The number of rotatable bonds is 11. The van der Waals surface area contributed by atoms with Crippen molar-refractivity contribution in [3.8, 4) is 23.0 Å². The Hall–Kier alpha value is -5.21. The molecule has 0 aliphatic heterocycles. The van der Waals surface area contributed by atoms with Crippen LogP contribution in [0.3, 0.4) is 0 Å². The molecule has 0 unspecified atom stereocenters. The number of Topliss-reactive ketones (excluding diaryl/α,β-unsaturated/α-hetero) is 1. The van der Waals surface area contributed by atoms with Crippen LogP contribution in [-0.4, -0.2) is 38.7 Å². The van der Waals surface area contributed by atoms with E-state index >= 15 is 0 Å². The zero-order valence-corrected chi connectivity index (χ0v) is 27.3. The van der Waals surface area contributed by atoms with E-state index in [-0.39, 0.29) is 18.0 Å². The highest BCUT2D eigenvalue weighted by Gasteiger charge is 2.25. The maximum atomic E-state index is 12.8. The summed E-state index contributed by atoms with van der Waals surface area (Å²) in [5, 5.41) is 0. The number of hydrogen-bond acceptors (Lipinski definition) is 8. The van der Waals surface area contributed by atoms with Gasteiger partial charge in [0.1, 0.15) is 23.0 Å². The van der Waals surface area contributed by atoms with Crippen molar-refractivity contribution in [2.24, 2.45) is 0 Å². The zero-order valence-electron chi connectivity index (χ0n) is 27.3. The molecule has 240 valence electrons. The van der Waals surface area contributed by atoms with Crippen LogP contribution in [0.1, 0.15) is 63.7 Å². The lowest BCUT2D eigenvalue weighted by molar-refractivity contribution is -0.147. The smallest absolute Gasteiger partial charge is 0.343 e. The van der Waals surface area contributed by atoms with Gasteiger partial charge in [0.25, 0.3) is 0 Å². The van der Waals surface area contributed by atoms with Crippen LogP contribution in [0.25, 0.3) is 0 Å². The summed E-state index contributed by atoms with van der Waals surface area (Å²) in [4.78, 5) is 34.4. The summed E-state index contributed by atoms with van der Waals surface area (Å²) in [5.74, 6) is 1.66. The molecule has 0 amide bonds. The van der Waals surface area contributed by atoms with Gasteiger partial charge in [-0.1, -0.05) is 44.7 Å². The molecule has 8 heteroatoms. The molecular formula is C38H40O8. The molecule has 0 aliphatic carbocycles. The maximum absolute atomic E-state index is 12.8. The average Bonchev–Trinajstić information content (AvgIpc) is 3.05. The van der Waals surface area contributed by atoms with Crippen molar-refractivity contribution in [2.75, 3.05) is 21.0 Å². The lowest BCUT2D eigenvalue weighted by atomic mass is 9.77. The van der Waals surface area contributed by atoms with Crippen LogP contribution in [0.15, 0.2) is 97.6 Å². The Balaban J connectivity index is 0.000000637. The molecule has 0 aromatic heterocycles. The van der Waals surface area contributed by atoms with Gasteiger partial charge in [0.15, 0.2) is 12.6 Å². The largest absolute Gasteiger partial charge is 0.496 e. The van der Waals surface area contributed by atoms with E-state index in [9.17, 15) is 14.4 Å². The summed E-state index contributed by atoms with van der Waals surface area (Å²) in [7, 11) is 3.12. The molecule has 0 atom stereocenters. The Morgan fingerprint density at radius 1 is 0.739 bits per heavy atom. The summed E-state index contributed by atoms with van der Waals surface area (Å²) < 4.78 is 25.7. The lowest BCUT2D eigenvalue weighted by Gasteiger charge is -2.27. The Kier molecular flexibility index (Phi) is 12.4. The minimum atomic E-state index is -0.466. The Bertz CT molecular complexity index is 1670. The number of carbonyl (C=O) groups is 3. The molecule has 4 aromatic rings. The van der Waals surface area contributed by atoms with E-state index in [2.05, 4.69) is 48.1 Å². The van der Waals surface area contributed by atoms with Gasteiger partial charge in [0.05, 0.1) is 12.7 Å². The van der Waals surface area contributed by atoms with Crippen molar-refractivity contribution in [3.05, 3.63) is 131 Å². The second kappa shape index (κ2) is 16.2. The van der Waals surface area contributed by atoms with Gasteiger partial charge < -0.3 is 23.7 Å². The number of hydrogen-bond donors (Lipinski definition) is 0. The molecule has 0 saturated carbocycles. The molecule has 0 fully saturated rings. The third kappa shape index (κ3) is 9.39. The first-order valence-corrected chi connectivity index (χ1v) is 14.5. The molecule has 46 heavy (non-hydrogen) atoms. The fraction of sp³-hybridized carbons (Fsp3) is 0.237. The Morgan fingerprint density at radius 3 is 1.67 bits per heavy atom. The summed E-state index contributed by atoms with van der Waals surface area (Å²) >= 11 is 0. The molecule has 0 N–H and O–H groups in total. The number of methoxy groups -OCH3 is 2. The number of esters is 2. The number of ketones is 1. The topological polar surface area (TPSA) is 97.4 Å². The van der Waals surface area contributed by atoms with Gasteiger partial charge >= 0.3 is 11.9 Å². The second-order valence-corrected chi connectivity index (χ2v) is 11.0. The predicted octanol–water partition coefficient (Wildman–Crippen LogP) is 8.17. The quantitative estimate of drug-likeness (QED) is 0.0542. The van der Waals surface area contributed by atoms with E-state index in [4.69, 9.17) is 14.2 Å². The van der Waals surface area contributed by atoms with Crippen molar-refractivity contribution in [2.45, 2.75) is 40.0 Å². The monoisotopic (exact) mass is 624 g/mol. The second-order valence-electron chi connectivity index (χ2n) is 11.0. The lowest BCUT2D eigenvalue weighted by Crippen LogP contribution is -2.19. The van der Waals surface area contributed by atoms with Crippen molar-refractivity contribution in [1.82, 2.24) is 0 Å². The van der Waals surface area contributed by atoms with Gasteiger partial charge in [-0.3, -0.25) is 4.79 Å². The van der Waals surface area contributed by atoms with Crippen LogP contribution in [0.4, 0.5) is 0 Å². The zero-order chi connectivity index (χ0) is 33.9. The molecule has 0 radical (unpaired) electrons. The summed E-state index contributed by atoms with van der Waals surface area (Å²) in [6.45, 7) is 13.0. The maximum Gasteiger partial charge on any atom is 0.343 e. The van der Waals surface area contributed by atoms with Gasteiger partial charge in [0.2, 0.25) is 0 Å². The highest BCUT2D eigenvalue weighted by Crippen LogP contribution is 2.36. The highest BCUT2D eigenvalue weighted by atomic mass is 16.7. The number of carbonyl (C=O) groups excluding carboxylic acids is 3. The first kappa shape index (κ1) is 35.3. The third-order valence-corrected chi connectivity index (χ3v) is 7.29. The minimum Gasteiger partial charge on any atom is -0.496 e. The fourth-order valence-electron chi connectivity index (χ4n) is 4.47. The van der Waals surface area contributed by atoms with E-state index in [1.807, 2.05) is 32.0 Å². The molecule has 4 aromatic carbocycles. The number of benzene rings is 4. The fourth-order valence-corrected chi connectivity index (χ4v) is 4.47. The van der Waals surface area contributed by atoms with Crippen LogP contribution in [0.5, 0.6) is 23.0 Å². The number of aryl methyl sites for hydroxylation is 2. The Labute approximate surface area is 270 Å². The number of ether oxygens (including phenoxy) is 5. The predicted molar refractivity (Wildman–Crippen MR) is 177 cm³/mol. The molecule has 4 rings (SSSR count). The molecule has 0 spiro atoms. The van der Waals surface area contributed by atoms with Gasteiger partial charge in [-0.25, -0.2) is 9.59 Å². The molecular weight excluding hydrogens is 584 g/mol. The van der Waals surface area contributed by atoms with Crippen LogP contribution >= 0.6 is 0 Å². The average molecular weight is 625 g/mol. The van der Waals surface area contributed by atoms with E-state index in [1.165, 1.54) is 19.6 Å². The van der Waals surface area contributed by atoms with Crippen LogP contribution in [0.2, 0.25) is 0 Å². The summed E-state index contributed by atoms with van der Waals surface area (Å²) in [6.07, 6.45) is 1.08. The third-order valence-electron chi connectivity index (χ3n) is 7.29. The summed E-state index contributed by atoms with van der Waals surface area (Å²) in [5.41, 5.74) is 5.06. The van der Waals surface area contributed by atoms with Crippen LogP contribution < -0.4 is 14.2 Å². The van der Waals surface area contributed by atoms with Crippen molar-refractivity contribution in [3.63, 3.8) is 0 Å². The highest BCUT2D eigenvalue weighted by molar-refractivity contribution is 5.94. The SMILES string of the molecule is C=CC(=O)OCOC.COc1ccc(C(C)(C)c2ccc(OC(=O)c3ccc(Oc4ccc(C(C)=O)cc4)cc3)c(C)c2)cc1C. The standard InChI is InChI=1S/C33H32O5.C5H8O3/c1-21-19-26(11-17-30(21)36-6)33(4,5)27-12-18-31(22(2)20-27)38-32(35)25-9-15-29(16-10-25)37-28-13-7-24(8-14-28)23(3)34;1-3-5(6)8-4-7-2/h7-20H,1-6H3;3H,1,4H2,2H3.